The van der Waals surface area contributed by atoms with Crippen LogP contribution in [0.25, 0.3) is 0 Å². The number of benzene rings is 2. The predicted molar refractivity (Wildman–Crippen MR) is 124 cm³/mol. The molecule has 1 saturated heterocycles. The minimum Gasteiger partial charge on any atom is -0.490 e. The van der Waals surface area contributed by atoms with Gasteiger partial charge in [-0.25, -0.2) is 4.79 Å². The minimum absolute atomic E-state index is 0.0659. The molecule has 180 valence electrons. The van der Waals surface area contributed by atoms with Gasteiger partial charge in [0.2, 0.25) is 0 Å². The average Bonchev–Trinajstić information content (AvgIpc) is 3.23. The summed E-state index contributed by atoms with van der Waals surface area (Å²) in [6, 6.07) is 14.8. The van der Waals surface area contributed by atoms with Crippen LogP contribution in [0.1, 0.15) is 39.2 Å². The maximum Gasteiger partial charge on any atom is 0.416 e. The Hall–Kier alpha value is -2.35. The Balaban J connectivity index is 1.66. The first-order valence-corrected chi connectivity index (χ1v) is 12.0. The van der Waals surface area contributed by atoms with Crippen molar-refractivity contribution in [1.29, 1.82) is 0 Å². The molecule has 0 saturated carbocycles. The number of ether oxygens (including phenoxy) is 2. The number of hydrogen-bond acceptors (Lipinski definition) is 4. The SMILES string of the molecule is CC(C)(C)OC(=O)N1CCC([C@@H](CCSc2ccccc2)Oc2ccc(C(F)(F)F)cc2)C1. The molecule has 1 unspecified atom stereocenters. The summed E-state index contributed by atoms with van der Waals surface area (Å²) in [6.07, 6.45) is -3.51. The van der Waals surface area contributed by atoms with E-state index in [1.807, 2.05) is 51.1 Å². The van der Waals surface area contributed by atoms with Crippen molar-refractivity contribution in [2.45, 2.75) is 56.4 Å². The lowest BCUT2D eigenvalue weighted by atomic mass is 9.99. The summed E-state index contributed by atoms with van der Waals surface area (Å²) in [4.78, 5) is 15.3. The van der Waals surface area contributed by atoms with Gasteiger partial charge in [0.1, 0.15) is 17.5 Å². The summed E-state index contributed by atoms with van der Waals surface area (Å²) >= 11 is 1.70. The van der Waals surface area contributed by atoms with Gasteiger partial charge in [0.25, 0.3) is 0 Å². The number of thioether (sulfide) groups is 1. The number of alkyl halides is 3. The van der Waals surface area contributed by atoms with Gasteiger partial charge in [-0.05, 0) is 70.0 Å². The van der Waals surface area contributed by atoms with Crippen molar-refractivity contribution >= 4 is 17.9 Å². The van der Waals surface area contributed by atoms with E-state index < -0.39 is 17.3 Å². The van der Waals surface area contributed by atoms with Crippen molar-refractivity contribution in [3.8, 4) is 5.75 Å². The second-order valence-electron chi connectivity index (χ2n) is 9.10. The van der Waals surface area contributed by atoms with Crippen LogP contribution in [-0.2, 0) is 10.9 Å². The lowest BCUT2D eigenvalue weighted by Gasteiger charge is -2.27. The molecule has 1 aliphatic heterocycles. The fourth-order valence-corrected chi connectivity index (χ4v) is 4.62. The van der Waals surface area contributed by atoms with Gasteiger partial charge in [-0.3, -0.25) is 0 Å². The van der Waals surface area contributed by atoms with E-state index in [-0.39, 0.29) is 18.1 Å². The smallest absolute Gasteiger partial charge is 0.416 e. The van der Waals surface area contributed by atoms with Crippen molar-refractivity contribution in [1.82, 2.24) is 4.90 Å². The summed E-state index contributed by atoms with van der Waals surface area (Å²) in [5.41, 5.74) is -1.28. The molecule has 0 spiro atoms. The van der Waals surface area contributed by atoms with E-state index in [4.69, 9.17) is 9.47 Å². The Bertz CT molecular complexity index is 898. The first kappa shape index (κ1) is 25.3. The lowest BCUT2D eigenvalue weighted by Crippen LogP contribution is -2.37. The molecular weight excluding hydrogens is 451 g/mol. The van der Waals surface area contributed by atoms with Gasteiger partial charge in [0.15, 0.2) is 0 Å². The van der Waals surface area contributed by atoms with Crippen LogP contribution in [0, 0.1) is 5.92 Å². The fourth-order valence-electron chi connectivity index (χ4n) is 3.68. The fraction of sp³-hybridized carbons (Fsp3) is 0.480. The van der Waals surface area contributed by atoms with Crippen LogP contribution in [0.2, 0.25) is 0 Å². The third kappa shape index (κ3) is 7.88. The van der Waals surface area contributed by atoms with Gasteiger partial charge in [0.05, 0.1) is 5.56 Å². The number of amides is 1. The van der Waals surface area contributed by atoms with Gasteiger partial charge in [-0.15, -0.1) is 11.8 Å². The first-order chi connectivity index (χ1) is 15.5. The van der Waals surface area contributed by atoms with Gasteiger partial charge >= 0.3 is 12.3 Å². The highest BCUT2D eigenvalue weighted by Crippen LogP contribution is 2.32. The molecular formula is C25H30F3NO3S. The van der Waals surface area contributed by atoms with Crippen LogP contribution in [-0.4, -0.2) is 41.5 Å². The zero-order valence-corrected chi connectivity index (χ0v) is 19.9. The summed E-state index contributed by atoms with van der Waals surface area (Å²) in [5.74, 6) is 1.25. The van der Waals surface area contributed by atoms with E-state index in [0.29, 0.717) is 25.3 Å². The highest BCUT2D eigenvalue weighted by Gasteiger charge is 2.35. The highest BCUT2D eigenvalue weighted by molar-refractivity contribution is 7.99. The topological polar surface area (TPSA) is 38.8 Å². The van der Waals surface area contributed by atoms with Gasteiger partial charge in [0, 0.05) is 29.7 Å². The largest absolute Gasteiger partial charge is 0.490 e. The van der Waals surface area contributed by atoms with Crippen molar-refractivity contribution in [2.24, 2.45) is 5.92 Å². The minimum atomic E-state index is -4.39. The zero-order chi connectivity index (χ0) is 24.1. The number of rotatable bonds is 7. The second-order valence-corrected chi connectivity index (χ2v) is 10.3. The van der Waals surface area contributed by atoms with Crippen LogP contribution >= 0.6 is 11.8 Å². The average molecular weight is 482 g/mol. The van der Waals surface area contributed by atoms with E-state index in [1.54, 1.807) is 16.7 Å². The Morgan fingerprint density at radius 3 is 2.36 bits per heavy atom. The quantitative estimate of drug-likeness (QED) is 0.404. The molecule has 0 radical (unpaired) electrons. The summed E-state index contributed by atoms with van der Waals surface area (Å²) in [5, 5.41) is 0. The number of hydrogen-bond donors (Lipinski definition) is 0. The zero-order valence-electron chi connectivity index (χ0n) is 19.1. The molecule has 1 heterocycles. The highest BCUT2D eigenvalue weighted by atomic mass is 32.2. The number of carbonyl (C=O) groups excluding carboxylic acids is 1. The molecule has 3 rings (SSSR count). The van der Waals surface area contributed by atoms with E-state index in [1.165, 1.54) is 12.1 Å². The Morgan fingerprint density at radius 1 is 1.09 bits per heavy atom. The standard InChI is InChI=1S/C25H30F3NO3S/c1-24(2,3)32-23(30)29-15-13-18(17-29)22(14-16-33-21-7-5-4-6-8-21)31-20-11-9-19(10-12-20)25(26,27)28/h4-12,18,22H,13-17H2,1-3H3/t18?,22-/m1/s1. The molecule has 0 bridgehead atoms. The maximum absolute atomic E-state index is 12.9. The van der Waals surface area contributed by atoms with Gasteiger partial charge in [-0.2, -0.15) is 13.2 Å². The monoisotopic (exact) mass is 481 g/mol. The van der Waals surface area contributed by atoms with E-state index in [2.05, 4.69) is 0 Å². The van der Waals surface area contributed by atoms with Crippen LogP contribution in [0.15, 0.2) is 59.5 Å². The summed E-state index contributed by atoms with van der Waals surface area (Å²) in [7, 11) is 0. The number of carbonyl (C=O) groups is 1. The van der Waals surface area contributed by atoms with Crippen molar-refractivity contribution < 1.29 is 27.4 Å². The van der Waals surface area contributed by atoms with Crippen molar-refractivity contribution in [3.05, 3.63) is 60.2 Å². The Kier molecular flexibility index (Phi) is 8.21. The van der Waals surface area contributed by atoms with Crippen LogP contribution < -0.4 is 4.74 Å². The molecule has 0 aliphatic carbocycles. The molecule has 4 nitrogen and oxygen atoms in total. The molecule has 1 aliphatic rings. The van der Waals surface area contributed by atoms with Gasteiger partial charge in [-0.1, -0.05) is 18.2 Å². The second kappa shape index (κ2) is 10.7. The molecule has 2 atom stereocenters. The van der Waals surface area contributed by atoms with Gasteiger partial charge < -0.3 is 14.4 Å². The van der Waals surface area contributed by atoms with Crippen LogP contribution in [0.4, 0.5) is 18.0 Å². The summed E-state index contributed by atoms with van der Waals surface area (Å²) < 4.78 is 50.4. The third-order valence-corrected chi connectivity index (χ3v) is 6.33. The third-order valence-electron chi connectivity index (χ3n) is 5.29. The van der Waals surface area contributed by atoms with E-state index in [0.717, 1.165) is 29.2 Å². The molecule has 1 fully saturated rings. The molecule has 0 N–H and O–H groups in total. The van der Waals surface area contributed by atoms with Crippen LogP contribution in [0.5, 0.6) is 5.75 Å². The Labute approximate surface area is 197 Å². The lowest BCUT2D eigenvalue weighted by molar-refractivity contribution is -0.137. The first-order valence-electron chi connectivity index (χ1n) is 11.0. The van der Waals surface area contributed by atoms with Crippen molar-refractivity contribution in [2.75, 3.05) is 18.8 Å². The number of likely N-dealkylation sites (tertiary alicyclic amines) is 1. The summed E-state index contributed by atoms with van der Waals surface area (Å²) in [6.45, 7) is 6.55. The molecule has 2 aromatic carbocycles. The normalized spacial score (nSPS) is 17.6. The number of nitrogens with zero attached hydrogens (tertiary/aromatic N) is 1. The molecule has 1 amide bonds. The van der Waals surface area contributed by atoms with E-state index in [9.17, 15) is 18.0 Å². The maximum atomic E-state index is 12.9. The van der Waals surface area contributed by atoms with E-state index >= 15 is 0 Å². The molecule has 8 heteroatoms. The van der Waals surface area contributed by atoms with Crippen LogP contribution in [0.3, 0.4) is 0 Å². The molecule has 0 aromatic heterocycles. The molecule has 2 aromatic rings. The van der Waals surface area contributed by atoms with Crippen molar-refractivity contribution in [3.63, 3.8) is 0 Å². The Morgan fingerprint density at radius 2 is 1.76 bits per heavy atom. The molecule has 33 heavy (non-hydrogen) atoms. The number of halogens is 3. The predicted octanol–water partition coefficient (Wildman–Crippen LogP) is 6.89.